The molecule has 6 heteroatoms. The fraction of sp³-hybridized carbons (Fsp3) is 0.636. The molecule has 3 aliphatic rings. The van der Waals surface area contributed by atoms with Crippen LogP contribution >= 0.6 is 0 Å². The minimum absolute atomic E-state index is 0.222. The van der Waals surface area contributed by atoms with Crippen LogP contribution in [0.3, 0.4) is 0 Å². The molecule has 1 aromatic carbocycles. The maximum atomic E-state index is 12.6. The van der Waals surface area contributed by atoms with Gasteiger partial charge in [-0.2, -0.15) is 0 Å². The second-order valence-electron chi connectivity index (χ2n) is 8.38. The van der Waals surface area contributed by atoms with Crippen LogP contribution in [-0.2, 0) is 11.2 Å². The zero-order valence-corrected chi connectivity index (χ0v) is 17.2. The van der Waals surface area contributed by atoms with E-state index in [0.29, 0.717) is 18.5 Å². The number of amides is 1. The molecule has 152 valence electrons. The lowest BCUT2D eigenvalue weighted by Gasteiger charge is -2.20. The van der Waals surface area contributed by atoms with Gasteiger partial charge in [0.15, 0.2) is 5.96 Å². The first-order chi connectivity index (χ1) is 13.7. The molecule has 2 unspecified atom stereocenters. The van der Waals surface area contributed by atoms with Crippen LogP contribution in [0.1, 0.15) is 44.6 Å². The Labute approximate surface area is 168 Å². The molecule has 0 aromatic heterocycles. The maximum absolute atomic E-state index is 12.6. The van der Waals surface area contributed by atoms with Crippen molar-refractivity contribution in [3.63, 3.8) is 0 Å². The van der Waals surface area contributed by atoms with Gasteiger partial charge in [0.25, 0.3) is 0 Å². The van der Waals surface area contributed by atoms with Crippen molar-refractivity contribution in [3.05, 3.63) is 29.8 Å². The molecule has 2 atom stereocenters. The second-order valence-corrected chi connectivity index (χ2v) is 8.38. The second kappa shape index (κ2) is 8.52. The minimum atomic E-state index is 0.222. The summed E-state index contributed by atoms with van der Waals surface area (Å²) < 4.78 is 0. The Morgan fingerprint density at radius 2 is 2.11 bits per heavy atom. The molecule has 1 saturated heterocycles. The summed E-state index contributed by atoms with van der Waals surface area (Å²) in [6, 6.07) is 10.2. The fourth-order valence-corrected chi connectivity index (χ4v) is 4.64. The van der Waals surface area contributed by atoms with Gasteiger partial charge in [0, 0.05) is 56.9 Å². The molecule has 0 radical (unpaired) electrons. The number of hydrogen-bond donors (Lipinski definition) is 2. The topological polar surface area (TPSA) is 60.0 Å². The lowest BCUT2D eigenvalue weighted by molar-refractivity contribution is -0.118. The summed E-state index contributed by atoms with van der Waals surface area (Å²) in [6.07, 6.45) is 6.24. The largest absolute Gasteiger partial charge is 0.356 e. The van der Waals surface area contributed by atoms with Crippen LogP contribution in [-0.4, -0.2) is 61.6 Å². The van der Waals surface area contributed by atoms with Gasteiger partial charge in [-0.25, -0.2) is 0 Å². The zero-order valence-electron chi connectivity index (χ0n) is 17.2. The quantitative estimate of drug-likeness (QED) is 0.449. The van der Waals surface area contributed by atoms with E-state index in [1.165, 1.54) is 24.8 Å². The lowest BCUT2D eigenvalue weighted by Crippen LogP contribution is -2.45. The van der Waals surface area contributed by atoms with Crippen LogP contribution in [0.15, 0.2) is 29.3 Å². The van der Waals surface area contributed by atoms with Crippen molar-refractivity contribution < 1.29 is 4.79 Å². The number of guanidine groups is 1. The van der Waals surface area contributed by atoms with Crippen molar-refractivity contribution in [2.45, 2.75) is 63.6 Å². The van der Waals surface area contributed by atoms with E-state index in [1.54, 1.807) is 0 Å². The van der Waals surface area contributed by atoms with Crippen molar-refractivity contribution >= 4 is 17.6 Å². The van der Waals surface area contributed by atoms with Crippen LogP contribution in [0.5, 0.6) is 0 Å². The number of likely N-dealkylation sites (tertiary alicyclic amines) is 1. The van der Waals surface area contributed by atoms with Crippen LogP contribution in [0.2, 0.25) is 0 Å². The van der Waals surface area contributed by atoms with Crippen molar-refractivity contribution in [2.75, 3.05) is 31.6 Å². The molecule has 2 heterocycles. The molecule has 1 saturated carbocycles. The van der Waals surface area contributed by atoms with Crippen LogP contribution in [0, 0.1) is 0 Å². The lowest BCUT2D eigenvalue weighted by atomic mass is 10.2. The Kier molecular flexibility index (Phi) is 5.85. The summed E-state index contributed by atoms with van der Waals surface area (Å²) in [4.78, 5) is 21.5. The van der Waals surface area contributed by atoms with E-state index < -0.39 is 0 Å². The summed E-state index contributed by atoms with van der Waals surface area (Å²) in [5.74, 6) is 1.08. The van der Waals surface area contributed by atoms with Crippen LogP contribution < -0.4 is 15.5 Å². The third-order valence-corrected chi connectivity index (χ3v) is 6.25. The normalized spacial score (nSPS) is 25.1. The molecule has 1 aliphatic carbocycles. The number of nitrogens with zero attached hydrogens (tertiary/aromatic N) is 3. The van der Waals surface area contributed by atoms with Gasteiger partial charge in [-0.15, -0.1) is 0 Å². The van der Waals surface area contributed by atoms with Crippen molar-refractivity contribution in [1.29, 1.82) is 0 Å². The van der Waals surface area contributed by atoms with Crippen molar-refractivity contribution in [1.82, 2.24) is 15.5 Å². The summed E-state index contributed by atoms with van der Waals surface area (Å²) >= 11 is 0. The van der Waals surface area contributed by atoms with Crippen molar-refractivity contribution in [3.8, 4) is 0 Å². The van der Waals surface area contributed by atoms with E-state index in [2.05, 4.69) is 39.6 Å². The molecule has 28 heavy (non-hydrogen) atoms. The highest BCUT2D eigenvalue weighted by Crippen LogP contribution is 2.33. The maximum Gasteiger partial charge on any atom is 0.227 e. The third-order valence-electron chi connectivity index (χ3n) is 6.25. The molecule has 0 bridgehead atoms. The molecule has 2 fully saturated rings. The minimum Gasteiger partial charge on any atom is -0.356 e. The monoisotopic (exact) mass is 383 g/mol. The first-order valence-electron chi connectivity index (χ1n) is 10.8. The highest BCUT2D eigenvalue weighted by atomic mass is 16.2. The molecule has 2 aliphatic heterocycles. The summed E-state index contributed by atoms with van der Waals surface area (Å²) in [5, 5.41) is 6.95. The van der Waals surface area contributed by atoms with E-state index in [1.807, 2.05) is 24.1 Å². The van der Waals surface area contributed by atoms with Gasteiger partial charge >= 0.3 is 0 Å². The van der Waals surface area contributed by atoms with Crippen LogP contribution in [0.4, 0.5) is 5.69 Å². The number of hydrogen-bond acceptors (Lipinski definition) is 3. The van der Waals surface area contributed by atoms with Gasteiger partial charge in [0.2, 0.25) is 5.91 Å². The van der Waals surface area contributed by atoms with E-state index in [4.69, 9.17) is 0 Å². The molecule has 6 nitrogen and oxygen atoms in total. The Bertz CT molecular complexity index is 729. The Morgan fingerprint density at radius 1 is 1.29 bits per heavy atom. The molecular formula is C22H33N5O. The number of para-hydroxylation sites is 1. The number of benzene rings is 1. The van der Waals surface area contributed by atoms with Crippen LogP contribution in [0.25, 0.3) is 0 Å². The smallest absolute Gasteiger partial charge is 0.227 e. The number of carbonyl (C=O) groups excluding carboxylic acids is 1. The highest BCUT2D eigenvalue weighted by Gasteiger charge is 2.38. The number of carbonyl (C=O) groups is 1. The molecule has 2 N–H and O–H groups in total. The summed E-state index contributed by atoms with van der Waals surface area (Å²) in [7, 11) is 1.82. The predicted octanol–water partition coefficient (Wildman–Crippen LogP) is 2.15. The highest BCUT2D eigenvalue weighted by molar-refractivity contribution is 5.95. The molecule has 0 spiro atoms. The molecular weight excluding hydrogens is 350 g/mol. The van der Waals surface area contributed by atoms with E-state index in [0.717, 1.165) is 50.2 Å². The Balaban J connectivity index is 1.18. The molecule has 1 aromatic rings. The predicted molar refractivity (Wildman–Crippen MR) is 114 cm³/mol. The number of aliphatic imine (C=N–C) groups is 1. The zero-order chi connectivity index (χ0) is 19.5. The average molecular weight is 384 g/mol. The number of rotatable bonds is 6. The SMILES string of the molecule is CN=C(NCCCC(=O)N1CCc2ccccc21)NC1CC(C)N(C2CC2)C1. The number of anilines is 1. The van der Waals surface area contributed by atoms with E-state index in [-0.39, 0.29) is 5.91 Å². The van der Waals surface area contributed by atoms with Gasteiger partial charge in [-0.3, -0.25) is 14.7 Å². The average Bonchev–Trinajstić information content (AvgIpc) is 3.35. The van der Waals surface area contributed by atoms with Crippen molar-refractivity contribution in [2.24, 2.45) is 4.99 Å². The standard InChI is InChI=1S/C22H33N5O/c1-16-14-18(15-27(16)19-9-10-19)25-22(23-2)24-12-5-8-21(28)26-13-11-17-6-3-4-7-20(17)26/h3-4,6-7,16,18-19H,5,8-15H2,1-2H3,(H2,23,24,25). The Hall–Kier alpha value is -2.08. The van der Waals surface area contributed by atoms with E-state index in [9.17, 15) is 4.79 Å². The molecule has 1 amide bonds. The third kappa shape index (κ3) is 4.32. The Morgan fingerprint density at radius 3 is 2.89 bits per heavy atom. The van der Waals surface area contributed by atoms with Gasteiger partial charge in [0.1, 0.15) is 0 Å². The molecule has 4 rings (SSSR count). The summed E-state index contributed by atoms with van der Waals surface area (Å²) in [5.41, 5.74) is 2.37. The van der Waals surface area contributed by atoms with Gasteiger partial charge in [0.05, 0.1) is 0 Å². The van der Waals surface area contributed by atoms with Gasteiger partial charge in [-0.1, -0.05) is 18.2 Å². The van der Waals surface area contributed by atoms with Gasteiger partial charge in [-0.05, 0) is 50.7 Å². The fourth-order valence-electron chi connectivity index (χ4n) is 4.64. The first kappa shape index (κ1) is 19.2. The summed E-state index contributed by atoms with van der Waals surface area (Å²) in [6.45, 7) is 5.01. The number of fused-ring (bicyclic) bond motifs is 1. The van der Waals surface area contributed by atoms with Gasteiger partial charge < -0.3 is 15.5 Å². The number of nitrogens with one attached hydrogen (secondary N) is 2. The first-order valence-corrected chi connectivity index (χ1v) is 10.8. The van der Waals surface area contributed by atoms with E-state index >= 15 is 0 Å².